The Hall–Kier alpha value is -9.05. The molecule has 0 unspecified atom stereocenters. The fourth-order valence-electron chi connectivity index (χ4n) is 12.6. The third kappa shape index (κ3) is 5.81. The van der Waals surface area contributed by atoms with Gasteiger partial charge in [-0.1, -0.05) is 182 Å². The maximum Gasteiger partial charge on any atom is 0.0788 e. The SMILES string of the molecule is C1=Cc2c(c3ccccc3n2-c2cc(-c3cccc(-c4nc5ccccc5c5cc6c(cc45)-c4ccccc4C6(c4ccccc4)c4ccccc4)c3)cc(-n3c4ccccc4c4ccccc43)c2)CC1. The van der Waals surface area contributed by atoms with Gasteiger partial charge in [0.2, 0.25) is 0 Å². The lowest BCUT2D eigenvalue weighted by molar-refractivity contribution is 0.769. The first-order chi connectivity index (χ1) is 35.2. The number of para-hydroxylation sites is 4. The van der Waals surface area contributed by atoms with Gasteiger partial charge in [0.25, 0.3) is 0 Å². The van der Waals surface area contributed by atoms with Gasteiger partial charge in [0.1, 0.15) is 0 Å². The first-order valence-corrected chi connectivity index (χ1v) is 24.8. The lowest BCUT2D eigenvalue weighted by Gasteiger charge is -2.34. The van der Waals surface area contributed by atoms with E-state index in [9.17, 15) is 0 Å². The molecule has 0 atom stereocenters. The van der Waals surface area contributed by atoms with E-state index in [1.165, 1.54) is 82.7 Å². The number of fused-ring (bicyclic) bond motifs is 12. The number of allylic oxidation sites excluding steroid dienone is 1. The number of aromatic nitrogens is 3. The third-order valence-electron chi connectivity index (χ3n) is 15.6. The molecule has 3 heteroatoms. The van der Waals surface area contributed by atoms with Crippen molar-refractivity contribution in [1.82, 2.24) is 14.1 Å². The van der Waals surface area contributed by atoms with Gasteiger partial charge in [0.05, 0.1) is 33.2 Å². The van der Waals surface area contributed by atoms with E-state index >= 15 is 0 Å². The number of hydrogen-bond acceptors (Lipinski definition) is 1. The Morgan fingerprint density at radius 2 is 0.972 bits per heavy atom. The first-order valence-electron chi connectivity index (χ1n) is 24.8. The molecule has 10 aromatic carbocycles. The van der Waals surface area contributed by atoms with Crippen molar-refractivity contribution in [3.05, 3.63) is 276 Å². The fraction of sp³-hybridized carbons (Fsp3) is 0.0441. The van der Waals surface area contributed by atoms with Crippen LogP contribution in [0.3, 0.4) is 0 Å². The first kappa shape index (κ1) is 39.9. The summed E-state index contributed by atoms with van der Waals surface area (Å²) in [5.41, 5.74) is 21.0. The maximum absolute atomic E-state index is 5.59. The summed E-state index contributed by atoms with van der Waals surface area (Å²) >= 11 is 0. The van der Waals surface area contributed by atoms with Crippen LogP contribution >= 0.6 is 0 Å². The molecule has 15 rings (SSSR count). The summed E-state index contributed by atoms with van der Waals surface area (Å²) in [6, 6.07) is 87.7. The minimum Gasteiger partial charge on any atom is -0.309 e. The topological polar surface area (TPSA) is 22.8 Å². The Labute approximate surface area is 411 Å². The molecule has 0 amide bonds. The van der Waals surface area contributed by atoms with E-state index in [1.807, 2.05) is 0 Å². The molecular weight excluding hydrogens is 859 g/mol. The van der Waals surface area contributed by atoms with Crippen LogP contribution in [0.15, 0.2) is 243 Å². The van der Waals surface area contributed by atoms with Gasteiger partial charge in [-0.15, -0.1) is 0 Å². The van der Waals surface area contributed by atoms with Crippen LogP contribution in [0.25, 0.3) is 105 Å². The Morgan fingerprint density at radius 1 is 0.380 bits per heavy atom. The average molecular weight is 904 g/mol. The number of rotatable bonds is 6. The zero-order valence-electron chi connectivity index (χ0n) is 38.9. The largest absolute Gasteiger partial charge is 0.309 e. The van der Waals surface area contributed by atoms with Crippen LogP contribution in [0.4, 0.5) is 0 Å². The molecule has 3 heterocycles. The van der Waals surface area contributed by atoms with Crippen molar-refractivity contribution in [2.45, 2.75) is 18.3 Å². The van der Waals surface area contributed by atoms with E-state index in [0.717, 1.165) is 62.9 Å². The fourth-order valence-corrected chi connectivity index (χ4v) is 12.6. The van der Waals surface area contributed by atoms with E-state index in [0.29, 0.717) is 0 Å². The zero-order valence-corrected chi connectivity index (χ0v) is 38.9. The van der Waals surface area contributed by atoms with Crippen LogP contribution in [-0.4, -0.2) is 14.1 Å². The van der Waals surface area contributed by atoms with Gasteiger partial charge in [0.15, 0.2) is 0 Å². The smallest absolute Gasteiger partial charge is 0.0788 e. The van der Waals surface area contributed by atoms with Crippen LogP contribution in [0.5, 0.6) is 0 Å². The van der Waals surface area contributed by atoms with Gasteiger partial charge in [-0.2, -0.15) is 0 Å². The number of aryl methyl sites for hydroxylation is 1. The highest BCUT2D eigenvalue weighted by atomic mass is 15.0. The zero-order chi connectivity index (χ0) is 46.6. The number of benzene rings is 10. The van der Waals surface area contributed by atoms with Crippen molar-refractivity contribution in [2.75, 3.05) is 0 Å². The lowest BCUT2D eigenvalue weighted by atomic mass is 9.67. The Bertz CT molecular complexity index is 4250. The summed E-state index contributed by atoms with van der Waals surface area (Å²) in [6.07, 6.45) is 6.74. The summed E-state index contributed by atoms with van der Waals surface area (Å²) in [6.45, 7) is 0. The second-order valence-corrected chi connectivity index (χ2v) is 19.3. The van der Waals surface area contributed by atoms with Crippen molar-refractivity contribution in [3.63, 3.8) is 0 Å². The van der Waals surface area contributed by atoms with Gasteiger partial charge in [-0.25, -0.2) is 4.98 Å². The molecule has 0 radical (unpaired) electrons. The number of pyridine rings is 1. The van der Waals surface area contributed by atoms with Crippen molar-refractivity contribution >= 4 is 60.5 Å². The molecule has 0 spiro atoms. The molecule has 0 aliphatic heterocycles. The third-order valence-corrected chi connectivity index (χ3v) is 15.6. The molecular formula is C68H45N3. The minimum atomic E-state index is -0.508. The molecule has 3 aromatic heterocycles. The Morgan fingerprint density at radius 3 is 1.70 bits per heavy atom. The van der Waals surface area contributed by atoms with Crippen molar-refractivity contribution < 1.29 is 0 Å². The molecule has 2 aliphatic carbocycles. The van der Waals surface area contributed by atoms with Gasteiger partial charge in [0, 0.05) is 49.6 Å². The van der Waals surface area contributed by atoms with E-state index < -0.39 is 5.41 Å². The lowest BCUT2D eigenvalue weighted by Crippen LogP contribution is -2.28. The molecule has 0 bridgehead atoms. The predicted molar refractivity (Wildman–Crippen MR) is 296 cm³/mol. The van der Waals surface area contributed by atoms with Gasteiger partial charge >= 0.3 is 0 Å². The second-order valence-electron chi connectivity index (χ2n) is 19.3. The summed E-state index contributed by atoms with van der Waals surface area (Å²) in [5.74, 6) is 0. The molecule has 0 N–H and O–H groups in total. The highest BCUT2D eigenvalue weighted by Crippen LogP contribution is 2.57. The Kier molecular flexibility index (Phi) is 8.70. The van der Waals surface area contributed by atoms with Crippen LogP contribution in [0.1, 0.15) is 39.9 Å². The second kappa shape index (κ2) is 15.5. The summed E-state index contributed by atoms with van der Waals surface area (Å²) in [4.78, 5) is 5.59. The van der Waals surface area contributed by atoms with Crippen molar-refractivity contribution in [3.8, 4) is 44.9 Å². The van der Waals surface area contributed by atoms with Crippen molar-refractivity contribution in [2.24, 2.45) is 0 Å². The van der Waals surface area contributed by atoms with E-state index in [1.54, 1.807) is 0 Å². The quantitative estimate of drug-likeness (QED) is 0.152. The van der Waals surface area contributed by atoms with Crippen LogP contribution in [0, 0.1) is 0 Å². The normalized spacial score (nSPS) is 13.6. The summed E-state index contributed by atoms with van der Waals surface area (Å²) < 4.78 is 4.95. The predicted octanol–water partition coefficient (Wildman–Crippen LogP) is 17.1. The standard InChI is InChI=1S/C68H45N3/c1-3-22-47(23-4-1)68(48-24-5-2-6-25-48)60-32-13-7-26-51(60)58-42-59-57(43-61(58)68)52-27-8-14-33-62(52)69-67(59)45-21-19-20-44(38-45)46-39-49(70-63-34-15-9-28-53(63)54-29-10-16-35-64(54)70)41-50(40-46)71-65-36-17-11-30-55(65)56-31-12-18-37-66(56)71/h1-11,13-30,32-43H,12,31H2. The minimum absolute atomic E-state index is 0.508. The molecule has 332 valence electrons. The average Bonchev–Trinajstić information content (AvgIpc) is 4.07. The summed E-state index contributed by atoms with van der Waals surface area (Å²) in [5, 5.41) is 7.31. The highest BCUT2D eigenvalue weighted by molar-refractivity contribution is 6.14. The number of hydrogen-bond donors (Lipinski definition) is 0. The van der Waals surface area contributed by atoms with E-state index in [2.05, 4.69) is 258 Å². The van der Waals surface area contributed by atoms with Gasteiger partial charge < -0.3 is 9.13 Å². The molecule has 71 heavy (non-hydrogen) atoms. The molecule has 0 fully saturated rings. The molecule has 2 aliphatic rings. The molecule has 3 nitrogen and oxygen atoms in total. The Balaban J connectivity index is 0.985. The summed E-state index contributed by atoms with van der Waals surface area (Å²) in [7, 11) is 0. The molecule has 13 aromatic rings. The highest BCUT2D eigenvalue weighted by Gasteiger charge is 2.46. The van der Waals surface area contributed by atoms with Gasteiger partial charge in [-0.05, 0) is 135 Å². The molecule has 0 saturated heterocycles. The van der Waals surface area contributed by atoms with Crippen LogP contribution in [-0.2, 0) is 11.8 Å². The van der Waals surface area contributed by atoms with Crippen molar-refractivity contribution in [1.29, 1.82) is 0 Å². The molecule has 0 saturated carbocycles. The number of nitrogens with zero attached hydrogens (tertiary/aromatic N) is 3. The van der Waals surface area contributed by atoms with Crippen LogP contribution in [0.2, 0.25) is 0 Å². The van der Waals surface area contributed by atoms with Crippen LogP contribution < -0.4 is 0 Å². The maximum atomic E-state index is 5.59. The van der Waals surface area contributed by atoms with E-state index in [-0.39, 0.29) is 0 Å². The monoisotopic (exact) mass is 903 g/mol. The van der Waals surface area contributed by atoms with Gasteiger partial charge in [-0.3, -0.25) is 0 Å². The van der Waals surface area contributed by atoms with E-state index in [4.69, 9.17) is 4.98 Å².